The Hall–Kier alpha value is -1.89. The third kappa shape index (κ3) is 3.90. The molecule has 1 fully saturated rings. The predicted octanol–water partition coefficient (Wildman–Crippen LogP) is 2.66. The molecule has 0 saturated heterocycles. The molecule has 1 aliphatic rings. The topological polar surface area (TPSA) is 59.8 Å². The van der Waals surface area contributed by atoms with Crippen molar-refractivity contribution in [1.82, 2.24) is 20.1 Å². The molecule has 0 bridgehead atoms. The van der Waals surface area contributed by atoms with Crippen LogP contribution in [-0.2, 0) is 24.1 Å². The number of thioether (sulfide) groups is 1. The van der Waals surface area contributed by atoms with Crippen molar-refractivity contribution in [3.05, 3.63) is 41.5 Å². The summed E-state index contributed by atoms with van der Waals surface area (Å²) < 4.78 is 14.8. The van der Waals surface area contributed by atoms with Gasteiger partial charge in [-0.25, -0.2) is 4.39 Å². The number of carbonyl (C=O) groups is 1. The molecule has 0 aliphatic heterocycles. The third-order valence-electron chi connectivity index (χ3n) is 4.10. The van der Waals surface area contributed by atoms with Crippen molar-refractivity contribution < 1.29 is 9.18 Å². The maximum absolute atomic E-state index is 12.9. The van der Waals surface area contributed by atoms with Crippen LogP contribution in [0, 0.1) is 11.7 Å². The van der Waals surface area contributed by atoms with Gasteiger partial charge < -0.3 is 9.88 Å². The summed E-state index contributed by atoms with van der Waals surface area (Å²) in [7, 11) is 1.89. The molecule has 2 aromatic rings. The monoisotopic (exact) mass is 334 g/mol. The highest BCUT2D eigenvalue weighted by Crippen LogP contribution is 2.26. The first-order valence-electron chi connectivity index (χ1n) is 7.66. The van der Waals surface area contributed by atoms with Crippen molar-refractivity contribution in [3.8, 4) is 0 Å². The Balaban J connectivity index is 1.53. The maximum atomic E-state index is 12.9. The van der Waals surface area contributed by atoms with Gasteiger partial charge in [0.25, 0.3) is 0 Å². The number of nitrogens with one attached hydrogen (secondary N) is 1. The zero-order valence-corrected chi connectivity index (χ0v) is 13.8. The number of hydrogen-bond donors (Lipinski definition) is 1. The summed E-state index contributed by atoms with van der Waals surface area (Å²) in [4.78, 5) is 11.9. The van der Waals surface area contributed by atoms with E-state index in [2.05, 4.69) is 15.5 Å². The molecule has 0 atom stereocenters. The molecule has 1 aromatic carbocycles. The summed E-state index contributed by atoms with van der Waals surface area (Å²) in [5, 5.41) is 12.0. The zero-order chi connectivity index (χ0) is 16.2. The van der Waals surface area contributed by atoms with Crippen LogP contribution in [0.1, 0.15) is 30.7 Å². The van der Waals surface area contributed by atoms with Crippen molar-refractivity contribution in [1.29, 1.82) is 0 Å². The van der Waals surface area contributed by atoms with E-state index in [1.165, 1.54) is 23.9 Å². The van der Waals surface area contributed by atoms with Gasteiger partial charge in [-0.2, -0.15) is 0 Å². The van der Waals surface area contributed by atoms with Crippen LogP contribution in [0.5, 0.6) is 0 Å². The maximum Gasteiger partial charge on any atom is 0.223 e. The van der Waals surface area contributed by atoms with Gasteiger partial charge in [0.05, 0.1) is 6.54 Å². The molecule has 1 heterocycles. The van der Waals surface area contributed by atoms with Crippen LogP contribution in [0.15, 0.2) is 29.4 Å². The van der Waals surface area contributed by atoms with Crippen molar-refractivity contribution in [3.63, 3.8) is 0 Å². The molecule has 1 saturated carbocycles. The molecule has 1 amide bonds. The van der Waals surface area contributed by atoms with Gasteiger partial charge in [-0.15, -0.1) is 10.2 Å². The Morgan fingerprint density at radius 3 is 2.74 bits per heavy atom. The van der Waals surface area contributed by atoms with Crippen LogP contribution < -0.4 is 5.32 Å². The lowest BCUT2D eigenvalue weighted by Crippen LogP contribution is -2.34. The second kappa shape index (κ2) is 7.12. The van der Waals surface area contributed by atoms with Crippen molar-refractivity contribution in [2.24, 2.45) is 13.0 Å². The van der Waals surface area contributed by atoms with Crippen molar-refractivity contribution >= 4 is 17.7 Å². The number of hydrogen-bond acceptors (Lipinski definition) is 4. The minimum absolute atomic E-state index is 0.111. The second-order valence-corrected chi connectivity index (χ2v) is 6.66. The van der Waals surface area contributed by atoms with Gasteiger partial charge in [0, 0.05) is 18.7 Å². The smallest absolute Gasteiger partial charge is 0.223 e. The SMILES string of the molecule is Cn1c(CNC(=O)C2CCC2)nnc1SCc1ccc(F)cc1. The second-order valence-electron chi connectivity index (χ2n) is 5.72. The van der Waals surface area contributed by atoms with E-state index in [-0.39, 0.29) is 17.6 Å². The highest BCUT2D eigenvalue weighted by atomic mass is 32.2. The van der Waals surface area contributed by atoms with Gasteiger partial charge in [0.1, 0.15) is 5.82 Å². The van der Waals surface area contributed by atoms with Gasteiger partial charge >= 0.3 is 0 Å². The summed E-state index contributed by atoms with van der Waals surface area (Å²) in [5.41, 5.74) is 1.03. The fraction of sp³-hybridized carbons (Fsp3) is 0.438. The summed E-state index contributed by atoms with van der Waals surface area (Å²) >= 11 is 1.54. The molecular formula is C16H19FN4OS. The summed E-state index contributed by atoms with van der Waals surface area (Å²) in [6, 6.07) is 6.43. The largest absolute Gasteiger partial charge is 0.349 e. The van der Waals surface area contributed by atoms with Crippen LogP contribution in [0.2, 0.25) is 0 Å². The van der Waals surface area contributed by atoms with Crippen LogP contribution in [0.25, 0.3) is 0 Å². The highest BCUT2D eigenvalue weighted by molar-refractivity contribution is 7.98. The Bertz CT molecular complexity index is 682. The average molecular weight is 334 g/mol. The van der Waals surface area contributed by atoms with Crippen LogP contribution >= 0.6 is 11.8 Å². The Kier molecular flexibility index (Phi) is 4.95. The minimum atomic E-state index is -0.234. The number of carbonyl (C=O) groups excluding carboxylic acids is 1. The average Bonchev–Trinajstić information content (AvgIpc) is 2.83. The summed E-state index contributed by atoms with van der Waals surface area (Å²) in [6.07, 6.45) is 3.12. The standard InChI is InChI=1S/C16H19FN4OS/c1-21-14(9-18-15(22)12-3-2-4-12)19-20-16(21)23-10-11-5-7-13(17)8-6-11/h5-8,12H,2-4,9-10H2,1H3,(H,18,22). The minimum Gasteiger partial charge on any atom is -0.349 e. The van der Waals surface area contributed by atoms with E-state index in [0.29, 0.717) is 12.3 Å². The van der Waals surface area contributed by atoms with Crippen LogP contribution in [0.3, 0.4) is 0 Å². The van der Waals surface area contributed by atoms with Gasteiger partial charge in [-0.1, -0.05) is 30.3 Å². The van der Waals surface area contributed by atoms with E-state index in [1.54, 1.807) is 12.1 Å². The molecule has 122 valence electrons. The van der Waals surface area contributed by atoms with Gasteiger partial charge in [-0.3, -0.25) is 4.79 Å². The Labute approximate surface area is 138 Å². The summed E-state index contributed by atoms with van der Waals surface area (Å²) in [5.74, 6) is 1.48. The van der Waals surface area contributed by atoms with E-state index in [4.69, 9.17) is 0 Å². The van der Waals surface area contributed by atoms with E-state index in [0.717, 1.165) is 35.8 Å². The lowest BCUT2D eigenvalue weighted by Gasteiger charge is -2.23. The molecule has 7 heteroatoms. The van der Waals surface area contributed by atoms with Crippen LogP contribution in [0.4, 0.5) is 4.39 Å². The van der Waals surface area contributed by atoms with Crippen molar-refractivity contribution in [2.45, 2.75) is 36.7 Å². The third-order valence-corrected chi connectivity index (χ3v) is 5.19. The van der Waals surface area contributed by atoms with E-state index >= 15 is 0 Å². The fourth-order valence-electron chi connectivity index (χ4n) is 2.33. The molecule has 0 spiro atoms. The number of halogens is 1. The molecule has 5 nitrogen and oxygen atoms in total. The van der Waals surface area contributed by atoms with Crippen LogP contribution in [-0.4, -0.2) is 20.7 Å². The first kappa shape index (κ1) is 16.0. The van der Waals surface area contributed by atoms with Crippen molar-refractivity contribution in [2.75, 3.05) is 0 Å². The number of amides is 1. The van der Waals surface area contributed by atoms with E-state index < -0.39 is 0 Å². The molecule has 1 N–H and O–H groups in total. The predicted molar refractivity (Wildman–Crippen MR) is 86.2 cm³/mol. The molecule has 0 radical (unpaired) electrons. The molecule has 1 aromatic heterocycles. The number of benzene rings is 1. The zero-order valence-electron chi connectivity index (χ0n) is 13.0. The first-order chi connectivity index (χ1) is 11.1. The summed E-state index contributed by atoms with van der Waals surface area (Å²) in [6.45, 7) is 0.399. The Morgan fingerprint density at radius 2 is 2.09 bits per heavy atom. The number of aromatic nitrogens is 3. The molecule has 0 unspecified atom stereocenters. The molecule has 3 rings (SSSR count). The first-order valence-corrected chi connectivity index (χ1v) is 8.65. The molecular weight excluding hydrogens is 315 g/mol. The number of rotatable bonds is 6. The van der Waals surface area contributed by atoms with E-state index in [1.807, 2.05) is 11.6 Å². The fourth-order valence-corrected chi connectivity index (χ4v) is 3.22. The quantitative estimate of drug-likeness (QED) is 0.825. The molecule has 1 aliphatic carbocycles. The van der Waals surface area contributed by atoms with Gasteiger partial charge in [0.2, 0.25) is 5.91 Å². The van der Waals surface area contributed by atoms with E-state index in [9.17, 15) is 9.18 Å². The lowest BCUT2D eigenvalue weighted by atomic mass is 9.85. The lowest BCUT2D eigenvalue weighted by molar-refractivity contribution is -0.127. The van der Waals surface area contributed by atoms with Gasteiger partial charge in [-0.05, 0) is 30.5 Å². The Morgan fingerprint density at radius 1 is 1.35 bits per heavy atom. The normalized spacial score (nSPS) is 14.5. The molecule has 23 heavy (non-hydrogen) atoms. The van der Waals surface area contributed by atoms with Gasteiger partial charge in [0.15, 0.2) is 11.0 Å². The highest BCUT2D eigenvalue weighted by Gasteiger charge is 2.25. The number of nitrogens with zero attached hydrogens (tertiary/aromatic N) is 3.